The van der Waals surface area contributed by atoms with Gasteiger partial charge in [-0.25, -0.2) is 0 Å². The van der Waals surface area contributed by atoms with Crippen molar-refractivity contribution in [2.45, 2.75) is 31.7 Å². The molecular formula is C21H21ClN2O2. The Balaban J connectivity index is 1.44. The Kier molecular flexibility index (Phi) is 4.60. The van der Waals surface area contributed by atoms with Crippen LogP contribution in [0.15, 0.2) is 42.5 Å². The summed E-state index contributed by atoms with van der Waals surface area (Å²) in [4.78, 5) is 15.9. The molecule has 4 rings (SSSR count). The van der Waals surface area contributed by atoms with Crippen molar-refractivity contribution >= 4 is 28.4 Å². The molecule has 1 aliphatic carbocycles. The van der Waals surface area contributed by atoms with Gasteiger partial charge in [-0.1, -0.05) is 23.7 Å². The van der Waals surface area contributed by atoms with Crippen molar-refractivity contribution in [2.24, 2.45) is 0 Å². The number of amides is 1. The van der Waals surface area contributed by atoms with E-state index in [0.29, 0.717) is 6.42 Å². The third-order valence-corrected chi connectivity index (χ3v) is 5.27. The maximum absolute atomic E-state index is 12.4. The first-order valence-electron chi connectivity index (χ1n) is 8.83. The highest BCUT2D eigenvalue weighted by Gasteiger charge is 2.23. The number of halogens is 1. The summed E-state index contributed by atoms with van der Waals surface area (Å²) in [5.41, 5.74) is 4.65. The number of methoxy groups -OCH3 is 1. The van der Waals surface area contributed by atoms with E-state index in [0.717, 1.165) is 41.1 Å². The minimum absolute atomic E-state index is 0.0569. The molecule has 1 atom stereocenters. The molecule has 3 aromatic rings. The smallest absolute Gasteiger partial charge is 0.224 e. The largest absolute Gasteiger partial charge is 0.497 e. The Morgan fingerprint density at radius 1 is 1.27 bits per heavy atom. The fourth-order valence-corrected chi connectivity index (χ4v) is 3.89. The number of hydrogen-bond donors (Lipinski definition) is 2. The molecule has 1 amide bonds. The molecule has 1 unspecified atom stereocenters. The number of aromatic nitrogens is 1. The van der Waals surface area contributed by atoms with Crippen LogP contribution in [0.3, 0.4) is 0 Å². The van der Waals surface area contributed by atoms with Gasteiger partial charge < -0.3 is 15.0 Å². The molecule has 0 bridgehead atoms. The highest BCUT2D eigenvalue weighted by Crippen LogP contribution is 2.31. The van der Waals surface area contributed by atoms with E-state index in [1.54, 1.807) is 7.11 Å². The van der Waals surface area contributed by atoms with Gasteiger partial charge in [0, 0.05) is 27.7 Å². The van der Waals surface area contributed by atoms with Crippen molar-refractivity contribution in [3.8, 4) is 5.75 Å². The minimum atomic E-state index is 0.0569. The van der Waals surface area contributed by atoms with E-state index in [2.05, 4.69) is 10.3 Å². The topological polar surface area (TPSA) is 54.1 Å². The highest BCUT2D eigenvalue weighted by molar-refractivity contribution is 6.31. The van der Waals surface area contributed by atoms with Crippen LogP contribution in [0, 0.1) is 0 Å². The number of carbonyl (C=O) groups is 1. The number of ether oxygens (including phenoxy) is 1. The normalized spacial score (nSPS) is 16.3. The van der Waals surface area contributed by atoms with E-state index in [1.165, 1.54) is 16.6 Å². The van der Waals surface area contributed by atoms with Crippen LogP contribution < -0.4 is 10.1 Å². The van der Waals surface area contributed by atoms with Crippen molar-refractivity contribution in [3.63, 3.8) is 0 Å². The molecule has 26 heavy (non-hydrogen) atoms. The predicted octanol–water partition coefficient (Wildman–Crippen LogP) is 4.05. The van der Waals surface area contributed by atoms with E-state index in [4.69, 9.17) is 16.3 Å². The van der Waals surface area contributed by atoms with Gasteiger partial charge in [-0.05, 0) is 60.7 Å². The average molecular weight is 369 g/mol. The third kappa shape index (κ3) is 3.42. The van der Waals surface area contributed by atoms with Crippen LogP contribution in [-0.4, -0.2) is 24.0 Å². The zero-order chi connectivity index (χ0) is 18.1. The molecule has 1 aliphatic rings. The quantitative estimate of drug-likeness (QED) is 0.730. The number of nitrogens with one attached hydrogen (secondary N) is 2. The molecule has 4 nitrogen and oxygen atoms in total. The van der Waals surface area contributed by atoms with E-state index in [1.807, 2.05) is 42.5 Å². The lowest BCUT2D eigenvalue weighted by Crippen LogP contribution is -2.39. The van der Waals surface area contributed by atoms with Gasteiger partial charge >= 0.3 is 0 Å². The molecule has 5 heteroatoms. The standard InChI is InChI=1S/C21H21ClN2O2/c1-26-16-6-2-13(3-7-16)10-21(25)23-15-5-9-20-18(12-15)17-11-14(22)4-8-19(17)24-20/h2-4,6-8,11,15,24H,5,9-10,12H2,1H3,(H,23,25). The Bertz CT molecular complexity index is 947. The molecule has 1 aromatic heterocycles. The maximum atomic E-state index is 12.4. The summed E-state index contributed by atoms with van der Waals surface area (Å²) in [5.74, 6) is 0.855. The number of aromatic amines is 1. The van der Waals surface area contributed by atoms with Crippen LogP contribution in [0.1, 0.15) is 23.2 Å². The number of rotatable bonds is 4. The average Bonchev–Trinajstić information content (AvgIpc) is 2.99. The third-order valence-electron chi connectivity index (χ3n) is 5.04. The summed E-state index contributed by atoms with van der Waals surface area (Å²) in [6.45, 7) is 0. The Morgan fingerprint density at radius 2 is 2.08 bits per heavy atom. The fourth-order valence-electron chi connectivity index (χ4n) is 3.72. The Morgan fingerprint density at radius 3 is 2.85 bits per heavy atom. The van der Waals surface area contributed by atoms with E-state index >= 15 is 0 Å². The summed E-state index contributed by atoms with van der Waals surface area (Å²) < 4.78 is 5.15. The molecule has 0 saturated heterocycles. The first-order valence-corrected chi connectivity index (χ1v) is 9.21. The van der Waals surface area contributed by atoms with Gasteiger partial charge in [0.15, 0.2) is 0 Å². The fraction of sp³-hybridized carbons (Fsp3) is 0.286. The van der Waals surface area contributed by atoms with Crippen molar-refractivity contribution < 1.29 is 9.53 Å². The molecule has 134 valence electrons. The molecule has 0 aliphatic heterocycles. The molecular weight excluding hydrogens is 348 g/mol. The Hall–Kier alpha value is -2.46. The number of H-pyrrole nitrogens is 1. The summed E-state index contributed by atoms with van der Waals surface area (Å²) in [7, 11) is 1.64. The van der Waals surface area contributed by atoms with Crippen LogP contribution in [-0.2, 0) is 24.1 Å². The van der Waals surface area contributed by atoms with Gasteiger partial charge in [0.25, 0.3) is 0 Å². The van der Waals surface area contributed by atoms with Gasteiger partial charge in [-0.15, -0.1) is 0 Å². The second kappa shape index (κ2) is 7.04. The lowest BCUT2D eigenvalue weighted by Gasteiger charge is -2.23. The van der Waals surface area contributed by atoms with E-state index < -0.39 is 0 Å². The first kappa shape index (κ1) is 17.0. The molecule has 0 radical (unpaired) electrons. The van der Waals surface area contributed by atoms with Gasteiger partial charge in [-0.3, -0.25) is 4.79 Å². The van der Waals surface area contributed by atoms with Gasteiger partial charge in [0.1, 0.15) is 5.75 Å². The van der Waals surface area contributed by atoms with Gasteiger partial charge in [0.2, 0.25) is 5.91 Å². The predicted molar refractivity (Wildman–Crippen MR) is 104 cm³/mol. The van der Waals surface area contributed by atoms with Gasteiger partial charge in [-0.2, -0.15) is 0 Å². The minimum Gasteiger partial charge on any atom is -0.497 e. The van der Waals surface area contributed by atoms with Crippen molar-refractivity contribution in [1.82, 2.24) is 10.3 Å². The Labute approximate surface area is 157 Å². The lowest BCUT2D eigenvalue weighted by atomic mass is 9.91. The van der Waals surface area contributed by atoms with E-state index in [-0.39, 0.29) is 11.9 Å². The zero-order valence-electron chi connectivity index (χ0n) is 14.6. The molecule has 0 saturated carbocycles. The number of hydrogen-bond acceptors (Lipinski definition) is 2. The summed E-state index contributed by atoms with van der Waals surface area (Å²) in [6.07, 6.45) is 3.11. The SMILES string of the molecule is COc1ccc(CC(=O)NC2CCc3[nH]c4ccc(Cl)cc4c3C2)cc1. The molecule has 2 N–H and O–H groups in total. The van der Waals surface area contributed by atoms with Crippen LogP contribution in [0.2, 0.25) is 5.02 Å². The number of fused-ring (bicyclic) bond motifs is 3. The summed E-state index contributed by atoms with van der Waals surface area (Å²) >= 11 is 6.16. The van der Waals surface area contributed by atoms with Crippen molar-refractivity contribution in [3.05, 3.63) is 64.3 Å². The monoisotopic (exact) mass is 368 g/mol. The maximum Gasteiger partial charge on any atom is 0.224 e. The van der Waals surface area contributed by atoms with E-state index in [9.17, 15) is 4.79 Å². The zero-order valence-corrected chi connectivity index (χ0v) is 15.4. The molecule has 0 fully saturated rings. The molecule has 2 aromatic carbocycles. The summed E-state index contributed by atoms with van der Waals surface area (Å²) in [6, 6.07) is 13.7. The first-order chi connectivity index (χ1) is 12.6. The van der Waals surface area contributed by atoms with Crippen LogP contribution >= 0.6 is 11.6 Å². The molecule has 0 spiro atoms. The molecule has 1 heterocycles. The summed E-state index contributed by atoms with van der Waals surface area (Å²) in [5, 5.41) is 5.10. The lowest BCUT2D eigenvalue weighted by molar-refractivity contribution is -0.121. The van der Waals surface area contributed by atoms with Crippen molar-refractivity contribution in [2.75, 3.05) is 7.11 Å². The number of carbonyl (C=O) groups excluding carboxylic acids is 1. The van der Waals surface area contributed by atoms with Crippen LogP contribution in [0.4, 0.5) is 0 Å². The van der Waals surface area contributed by atoms with Crippen molar-refractivity contribution in [1.29, 1.82) is 0 Å². The van der Waals surface area contributed by atoms with Gasteiger partial charge in [0.05, 0.1) is 13.5 Å². The highest BCUT2D eigenvalue weighted by atomic mass is 35.5. The number of benzene rings is 2. The second-order valence-corrected chi connectivity index (χ2v) is 7.24. The number of aryl methyl sites for hydroxylation is 1. The van der Waals surface area contributed by atoms with Crippen LogP contribution in [0.25, 0.3) is 10.9 Å². The van der Waals surface area contributed by atoms with Crippen LogP contribution in [0.5, 0.6) is 5.75 Å². The second-order valence-electron chi connectivity index (χ2n) is 6.80.